The highest BCUT2D eigenvalue weighted by Gasteiger charge is 2.06. The van der Waals surface area contributed by atoms with Crippen molar-refractivity contribution in [2.24, 2.45) is 5.92 Å². The zero-order valence-corrected chi connectivity index (χ0v) is 12.7. The molecule has 0 bridgehead atoms. The fourth-order valence-electron chi connectivity index (χ4n) is 1.99. The second-order valence-electron chi connectivity index (χ2n) is 5.05. The van der Waals surface area contributed by atoms with Crippen molar-refractivity contribution in [1.29, 1.82) is 0 Å². The van der Waals surface area contributed by atoms with Crippen LogP contribution in [-0.4, -0.2) is 9.97 Å². The molecule has 4 heteroatoms. The van der Waals surface area contributed by atoms with Gasteiger partial charge in [-0.3, -0.25) is 4.79 Å². The van der Waals surface area contributed by atoms with Gasteiger partial charge in [0.15, 0.2) is 0 Å². The van der Waals surface area contributed by atoms with Crippen molar-refractivity contribution in [2.75, 3.05) is 0 Å². The predicted octanol–water partition coefficient (Wildman–Crippen LogP) is 3.32. The first-order chi connectivity index (χ1) is 9.04. The van der Waals surface area contributed by atoms with Crippen LogP contribution in [0.4, 0.5) is 0 Å². The molecule has 0 aliphatic heterocycles. The summed E-state index contributed by atoms with van der Waals surface area (Å²) in [6, 6.07) is 9.56. The summed E-state index contributed by atoms with van der Waals surface area (Å²) in [4.78, 5) is 19.0. The van der Waals surface area contributed by atoms with Crippen LogP contribution in [0.2, 0.25) is 0 Å². The summed E-state index contributed by atoms with van der Waals surface area (Å²) < 4.78 is 1.03. The third-order valence-electron chi connectivity index (χ3n) is 2.78. The molecule has 1 N–H and O–H groups in total. The molecule has 0 saturated heterocycles. The molecule has 100 valence electrons. The van der Waals surface area contributed by atoms with E-state index in [1.165, 1.54) is 0 Å². The van der Waals surface area contributed by atoms with Crippen molar-refractivity contribution in [2.45, 2.75) is 26.7 Å². The number of aromatic nitrogens is 2. The molecule has 0 fully saturated rings. The number of H-pyrrole nitrogens is 1. The Morgan fingerprint density at radius 1 is 1.32 bits per heavy atom. The number of rotatable bonds is 4. The predicted molar refractivity (Wildman–Crippen MR) is 80.3 cm³/mol. The summed E-state index contributed by atoms with van der Waals surface area (Å²) >= 11 is 3.51. The molecule has 3 nitrogen and oxygen atoms in total. The molecule has 0 unspecified atom stereocenters. The third-order valence-corrected chi connectivity index (χ3v) is 3.55. The number of halogens is 1. The molecule has 0 atom stereocenters. The Bertz CT molecular complexity index is 620. The maximum Gasteiger partial charge on any atom is 0.251 e. The normalized spacial score (nSPS) is 10.9. The lowest BCUT2D eigenvalue weighted by Gasteiger charge is -2.07. The first kappa shape index (κ1) is 14.0. The molecular formula is C15H17BrN2O. The van der Waals surface area contributed by atoms with Crippen LogP contribution in [0.5, 0.6) is 0 Å². The quantitative estimate of drug-likeness (QED) is 0.939. The molecular weight excluding hydrogens is 304 g/mol. The van der Waals surface area contributed by atoms with Gasteiger partial charge in [-0.25, -0.2) is 4.98 Å². The molecule has 0 saturated carbocycles. The number of benzene rings is 1. The van der Waals surface area contributed by atoms with Crippen molar-refractivity contribution in [1.82, 2.24) is 9.97 Å². The zero-order chi connectivity index (χ0) is 13.8. The molecule has 19 heavy (non-hydrogen) atoms. The van der Waals surface area contributed by atoms with Crippen molar-refractivity contribution >= 4 is 15.9 Å². The van der Waals surface area contributed by atoms with Crippen molar-refractivity contribution in [3.63, 3.8) is 0 Å². The smallest absolute Gasteiger partial charge is 0.251 e. The van der Waals surface area contributed by atoms with E-state index < -0.39 is 0 Å². The monoisotopic (exact) mass is 320 g/mol. The van der Waals surface area contributed by atoms with Crippen molar-refractivity contribution < 1.29 is 0 Å². The Labute approximate surface area is 121 Å². The van der Waals surface area contributed by atoms with Crippen LogP contribution in [-0.2, 0) is 12.8 Å². The highest BCUT2D eigenvalue weighted by atomic mass is 79.9. The lowest BCUT2D eigenvalue weighted by molar-refractivity contribution is 0.629. The summed E-state index contributed by atoms with van der Waals surface area (Å²) in [6.07, 6.45) is 1.45. The summed E-state index contributed by atoms with van der Waals surface area (Å²) in [5.41, 5.74) is 1.90. The largest absolute Gasteiger partial charge is 0.310 e. The third kappa shape index (κ3) is 4.03. The van der Waals surface area contributed by atoms with Crippen LogP contribution >= 0.6 is 15.9 Å². The number of nitrogens with zero attached hydrogens (tertiary/aromatic N) is 1. The second-order valence-corrected chi connectivity index (χ2v) is 5.90. The van der Waals surface area contributed by atoms with E-state index in [0.717, 1.165) is 28.0 Å². The highest BCUT2D eigenvalue weighted by molar-refractivity contribution is 9.10. The maximum atomic E-state index is 11.7. The van der Waals surface area contributed by atoms with E-state index >= 15 is 0 Å². The molecule has 2 rings (SSSR count). The van der Waals surface area contributed by atoms with E-state index in [-0.39, 0.29) is 5.56 Å². The Kier molecular flexibility index (Phi) is 4.53. The lowest BCUT2D eigenvalue weighted by atomic mass is 10.1. The molecule has 1 heterocycles. The van der Waals surface area contributed by atoms with Gasteiger partial charge >= 0.3 is 0 Å². The maximum absolute atomic E-state index is 11.7. The topological polar surface area (TPSA) is 45.8 Å². The van der Waals surface area contributed by atoms with E-state index in [1.807, 2.05) is 24.3 Å². The first-order valence-electron chi connectivity index (χ1n) is 6.37. The molecule has 0 radical (unpaired) electrons. The van der Waals surface area contributed by atoms with Gasteiger partial charge in [0.05, 0.1) is 0 Å². The van der Waals surface area contributed by atoms with Gasteiger partial charge in [0.1, 0.15) is 5.82 Å². The average molecular weight is 321 g/mol. The zero-order valence-electron chi connectivity index (χ0n) is 11.1. The van der Waals surface area contributed by atoms with E-state index in [9.17, 15) is 4.79 Å². The van der Waals surface area contributed by atoms with Gasteiger partial charge in [-0.15, -0.1) is 0 Å². The Hall–Kier alpha value is -1.42. The summed E-state index contributed by atoms with van der Waals surface area (Å²) in [6.45, 7) is 4.24. The number of hydrogen-bond acceptors (Lipinski definition) is 2. The Balaban J connectivity index is 2.28. The lowest BCUT2D eigenvalue weighted by Crippen LogP contribution is -2.14. The Morgan fingerprint density at radius 3 is 2.74 bits per heavy atom. The summed E-state index contributed by atoms with van der Waals surface area (Å²) in [7, 11) is 0. The Morgan fingerprint density at radius 2 is 2.05 bits per heavy atom. The number of hydrogen-bond donors (Lipinski definition) is 1. The minimum absolute atomic E-state index is 0.0762. The molecule has 0 aliphatic carbocycles. The van der Waals surface area contributed by atoms with Crippen LogP contribution in [0.25, 0.3) is 0 Å². The molecule has 0 amide bonds. The van der Waals surface area contributed by atoms with Gasteiger partial charge < -0.3 is 4.98 Å². The van der Waals surface area contributed by atoms with Gasteiger partial charge in [0.2, 0.25) is 0 Å². The molecule has 2 aromatic rings. The van der Waals surface area contributed by atoms with Gasteiger partial charge in [-0.1, -0.05) is 48.0 Å². The van der Waals surface area contributed by atoms with E-state index in [4.69, 9.17) is 0 Å². The molecule has 0 spiro atoms. The van der Waals surface area contributed by atoms with Gasteiger partial charge in [0.25, 0.3) is 5.56 Å². The van der Waals surface area contributed by atoms with E-state index in [1.54, 1.807) is 6.07 Å². The van der Waals surface area contributed by atoms with Gasteiger partial charge in [-0.2, -0.15) is 0 Å². The van der Waals surface area contributed by atoms with Crippen LogP contribution in [0.15, 0.2) is 39.6 Å². The van der Waals surface area contributed by atoms with Gasteiger partial charge in [0, 0.05) is 22.7 Å². The number of nitrogens with one attached hydrogen (secondary N) is 1. The SMILES string of the molecule is CC(C)Cc1cc(=O)[nH]c(Cc2ccccc2Br)n1. The fraction of sp³-hybridized carbons (Fsp3) is 0.333. The van der Waals surface area contributed by atoms with Crippen LogP contribution in [0.1, 0.15) is 30.9 Å². The number of aromatic amines is 1. The average Bonchev–Trinajstić information content (AvgIpc) is 2.30. The van der Waals surface area contributed by atoms with Crippen molar-refractivity contribution in [3.8, 4) is 0 Å². The summed E-state index contributed by atoms with van der Waals surface area (Å²) in [5, 5.41) is 0. The minimum Gasteiger partial charge on any atom is -0.310 e. The van der Waals surface area contributed by atoms with Crippen LogP contribution in [0, 0.1) is 5.92 Å². The summed E-state index contributed by atoms with van der Waals surface area (Å²) in [5.74, 6) is 1.21. The highest BCUT2D eigenvalue weighted by Crippen LogP contribution is 2.18. The van der Waals surface area contributed by atoms with Crippen LogP contribution < -0.4 is 5.56 Å². The second kappa shape index (κ2) is 6.15. The van der Waals surface area contributed by atoms with Gasteiger partial charge in [-0.05, 0) is 24.0 Å². The molecule has 1 aromatic carbocycles. The molecule has 0 aliphatic rings. The molecule has 1 aromatic heterocycles. The van der Waals surface area contributed by atoms with Crippen molar-refractivity contribution in [3.05, 3.63) is 62.2 Å². The minimum atomic E-state index is -0.0762. The standard InChI is InChI=1S/C15H17BrN2O/c1-10(2)7-12-9-15(19)18-14(17-12)8-11-5-3-4-6-13(11)16/h3-6,9-10H,7-8H2,1-2H3,(H,17,18,19). The first-order valence-corrected chi connectivity index (χ1v) is 7.16. The van der Waals surface area contributed by atoms with E-state index in [2.05, 4.69) is 39.7 Å². The fourth-order valence-corrected chi connectivity index (χ4v) is 2.42. The van der Waals surface area contributed by atoms with E-state index in [0.29, 0.717) is 12.3 Å². The van der Waals surface area contributed by atoms with Crippen LogP contribution in [0.3, 0.4) is 0 Å².